The highest BCUT2D eigenvalue weighted by atomic mass is 32.1. The summed E-state index contributed by atoms with van der Waals surface area (Å²) in [5.74, 6) is -1.08. The summed E-state index contributed by atoms with van der Waals surface area (Å²) in [4.78, 5) is 16.9. The second kappa shape index (κ2) is 9.29. The van der Waals surface area contributed by atoms with Gasteiger partial charge in [-0.2, -0.15) is 0 Å². The number of halogens is 2. The van der Waals surface area contributed by atoms with Crippen molar-refractivity contribution in [3.8, 4) is 16.3 Å². The number of amides is 1. The molecule has 156 valence electrons. The van der Waals surface area contributed by atoms with E-state index in [1.165, 1.54) is 23.5 Å². The van der Waals surface area contributed by atoms with Crippen LogP contribution in [0.15, 0.2) is 47.8 Å². The number of hydrazine groups is 1. The maximum atomic E-state index is 13.4. The molecule has 1 aliphatic rings. The van der Waals surface area contributed by atoms with Gasteiger partial charge in [0.15, 0.2) is 0 Å². The molecule has 0 saturated carbocycles. The molecule has 1 fully saturated rings. The second-order valence-electron chi connectivity index (χ2n) is 6.64. The molecule has 2 heterocycles. The maximum Gasteiger partial charge on any atom is 0.285 e. The van der Waals surface area contributed by atoms with Gasteiger partial charge in [-0.15, -0.1) is 11.3 Å². The summed E-state index contributed by atoms with van der Waals surface area (Å²) >= 11 is 1.32. The van der Waals surface area contributed by atoms with Gasteiger partial charge >= 0.3 is 0 Å². The van der Waals surface area contributed by atoms with Gasteiger partial charge in [0.25, 0.3) is 5.91 Å². The molecule has 9 heteroatoms. The number of ether oxygens (including phenoxy) is 2. The number of thiazole rings is 1. The van der Waals surface area contributed by atoms with Crippen molar-refractivity contribution in [3.63, 3.8) is 0 Å². The molecular formula is C21H19F2N3O3S. The molecule has 1 N–H and O–H groups in total. The van der Waals surface area contributed by atoms with Gasteiger partial charge in [-0.25, -0.2) is 18.8 Å². The fourth-order valence-corrected chi connectivity index (χ4v) is 3.83. The third-order valence-corrected chi connectivity index (χ3v) is 5.32. The molecule has 0 radical (unpaired) electrons. The number of hydrogen-bond acceptors (Lipinski definition) is 6. The van der Waals surface area contributed by atoms with Crippen LogP contribution < -0.4 is 10.2 Å². The first-order valence-corrected chi connectivity index (χ1v) is 10.2. The first-order chi connectivity index (χ1) is 14.6. The number of aromatic nitrogens is 1. The molecule has 4 rings (SSSR count). The van der Waals surface area contributed by atoms with Gasteiger partial charge in [0, 0.05) is 24.5 Å². The zero-order valence-corrected chi connectivity index (χ0v) is 16.8. The number of nitrogens with zero attached hydrogens (tertiary/aromatic N) is 2. The lowest BCUT2D eigenvalue weighted by Crippen LogP contribution is -2.48. The quantitative estimate of drug-likeness (QED) is 0.646. The fraction of sp³-hybridized carbons (Fsp3) is 0.238. The lowest BCUT2D eigenvalue weighted by Gasteiger charge is -2.26. The van der Waals surface area contributed by atoms with Crippen LogP contribution in [0, 0.1) is 11.6 Å². The molecule has 0 unspecified atom stereocenters. The number of hydrogen-bond donors (Lipinski definition) is 1. The van der Waals surface area contributed by atoms with E-state index in [1.807, 2.05) is 12.1 Å². The van der Waals surface area contributed by atoms with Crippen molar-refractivity contribution in [2.75, 3.05) is 26.3 Å². The highest BCUT2D eigenvalue weighted by Gasteiger charge is 2.18. The van der Waals surface area contributed by atoms with Crippen molar-refractivity contribution in [3.05, 3.63) is 70.7 Å². The second-order valence-corrected chi connectivity index (χ2v) is 7.50. The van der Waals surface area contributed by atoms with E-state index in [9.17, 15) is 13.6 Å². The SMILES string of the molecule is O=C(NN1CCOCC1)c1csc(-c2ccccc2OCc2cc(F)cc(F)c2)n1. The van der Waals surface area contributed by atoms with Crippen molar-refractivity contribution in [2.24, 2.45) is 0 Å². The van der Waals surface area contributed by atoms with Crippen molar-refractivity contribution in [1.82, 2.24) is 15.4 Å². The molecule has 0 spiro atoms. The Labute approximate surface area is 176 Å². The van der Waals surface area contributed by atoms with E-state index in [4.69, 9.17) is 9.47 Å². The van der Waals surface area contributed by atoms with Gasteiger partial charge in [-0.1, -0.05) is 12.1 Å². The van der Waals surface area contributed by atoms with E-state index >= 15 is 0 Å². The van der Waals surface area contributed by atoms with E-state index in [0.29, 0.717) is 53.9 Å². The highest BCUT2D eigenvalue weighted by Crippen LogP contribution is 2.32. The molecule has 30 heavy (non-hydrogen) atoms. The first kappa shape index (κ1) is 20.4. The topological polar surface area (TPSA) is 63.7 Å². The monoisotopic (exact) mass is 431 g/mol. The van der Waals surface area contributed by atoms with Crippen molar-refractivity contribution >= 4 is 17.2 Å². The Morgan fingerprint density at radius 3 is 2.67 bits per heavy atom. The normalized spacial score (nSPS) is 14.5. The summed E-state index contributed by atoms with van der Waals surface area (Å²) in [7, 11) is 0. The number of carbonyl (C=O) groups excluding carboxylic acids is 1. The van der Waals surface area contributed by atoms with E-state index in [2.05, 4.69) is 10.4 Å². The minimum Gasteiger partial charge on any atom is -0.488 e. The Morgan fingerprint density at radius 1 is 1.17 bits per heavy atom. The molecule has 2 aromatic carbocycles. The zero-order valence-electron chi connectivity index (χ0n) is 15.9. The van der Waals surface area contributed by atoms with Gasteiger partial charge in [-0.3, -0.25) is 10.2 Å². The van der Waals surface area contributed by atoms with Gasteiger partial charge < -0.3 is 9.47 Å². The van der Waals surface area contributed by atoms with E-state index in [0.717, 1.165) is 6.07 Å². The van der Waals surface area contributed by atoms with Gasteiger partial charge in [-0.05, 0) is 29.8 Å². The molecule has 1 aliphatic heterocycles. The van der Waals surface area contributed by atoms with Crippen molar-refractivity contribution in [2.45, 2.75) is 6.61 Å². The fourth-order valence-electron chi connectivity index (χ4n) is 3.00. The number of para-hydroxylation sites is 1. The molecular weight excluding hydrogens is 412 g/mol. The van der Waals surface area contributed by atoms with E-state index in [-0.39, 0.29) is 12.5 Å². The molecule has 1 aromatic heterocycles. The van der Waals surface area contributed by atoms with Crippen LogP contribution in [-0.2, 0) is 11.3 Å². The van der Waals surface area contributed by atoms with Crippen LogP contribution in [0.1, 0.15) is 16.1 Å². The van der Waals surface area contributed by atoms with Gasteiger partial charge in [0.05, 0.1) is 18.8 Å². The summed E-state index contributed by atoms with van der Waals surface area (Å²) in [5.41, 5.74) is 4.22. The first-order valence-electron chi connectivity index (χ1n) is 9.35. The third kappa shape index (κ3) is 4.99. The summed E-state index contributed by atoms with van der Waals surface area (Å²) in [5, 5.41) is 4.10. The minimum absolute atomic E-state index is 0.00143. The Kier molecular flexibility index (Phi) is 6.32. The number of rotatable bonds is 6. The molecule has 1 amide bonds. The summed E-state index contributed by atoms with van der Waals surface area (Å²) < 4.78 is 37.8. The number of benzene rings is 2. The van der Waals surface area contributed by atoms with Crippen LogP contribution in [0.5, 0.6) is 5.75 Å². The summed E-state index contributed by atoms with van der Waals surface area (Å²) in [6.45, 7) is 2.40. The largest absolute Gasteiger partial charge is 0.488 e. The van der Waals surface area contributed by atoms with Crippen LogP contribution in [-0.4, -0.2) is 42.2 Å². The van der Waals surface area contributed by atoms with Gasteiger partial charge in [0.1, 0.15) is 34.7 Å². The molecule has 6 nitrogen and oxygen atoms in total. The van der Waals surface area contributed by atoms with Crippen molar-refractivity contribution < 1.29 is 23.0 Å². The zero-order chi connectivity index (χ0) is 20.9. The van der Waals surface area contributed by atoms with Crippen molar-refractivity contribution in [1.29, 1.82) is 0 Å². The standard InChI is InChI=1S/C21H19F2N3O3S/c22-15-9-14(10-16(23)11-15)12-29-19-4-2-1-3-17(19)21-24-18(13-30-21)20(27)25-26-5-7-28-8-6-26/h1-4,9-11,13H,5-8,12H2,(H,25,27). The summed E-state index contributed by atoms with van der Waals surface area (Å²) in [6.07, 6.45) is 0. The predicted molar refractivity (Wildman–Crippen MR) is 108 cm³/mol. The Morgan fingerprint density at radius 2 is 1.90 bits per heavy atom. The lowest BCUT2D eigenvalue weighted by molar-refractivity contribution is 0.0125. The number of nitrogens with one attached hydrogen (secondary N) is 1. The van der Waals surface area contributed by atoms with Crippen LogP contribution in [0.25, 0.3) is 10.6 Å². The molecule has 0 aliphatic carbocycles. The Bertz CT molecular complexity index is 1020. The third-order valence-electron chi connectivity index (χ3n) is 4.44. The molecule has 1 saturated heterocycles. The number of carbonyl (C=O) groups is 1. The van der Waals surface area contributed by atoms with Crippen LogP contribution in [0.4, 0.5) is 8.78 Å². The van der Waals surface area contributed by atoms with Crippen LogP contribution in [0.2, 0.25) is 0 Å². The average molecular weight is 431 g/mol. The van der Waals surface area contributed by atoms with Crippen LogP contribution in [0.3, 0.4) is 0 Å². The molecule has 0 atom stereocenters. The van der Waals surface area contributed by atoms with E-state index < -0.39 is 11.6 Å². The van der Waals surface area contributed by atoms with E-state index in [1.54, 1.807) is 22.5 Å². The van der Waals surface area contributed by atoms with Crippen LogP contribution >= 0.6 is 11.3 Å². The average Bonchev–Trinajstić information content (AvgIpc) is 3.23. The minimum atomic E-state index is -0.655. The maximum absolute atomic E-state index is 13.4. The lowest BCUT2D eigenvalue weighted by atomic mass is 10.2. The molecule has 0 bridgehead atoms. The number of morpholine rings is 1. The summed E-state index contributed by atoms with van der Waals surface area (Å²) in [6, 6.07) is 10.5. The Balaban J connectivity index is 1.47. The Hall–Kier alpha value is -2.88. The predicted octanol–water partition coefficient (Wildman–Crippen LogP) is 3.64. The van der Waals surface area contributed by atoms with Gasteiger partial charge in [0.2, 0.25) is 0 Å². The smallest absolute Gasteiger partial charge is 0.285 e. The molecule has 3 aromatic rings. The highest BCUT2D eigenvalue weighted by molar-refractivity contribution is 7.13.